The van der Waals surface area contributed by atoms with Crippen molar-refractivity contribution in [2.24, 2.45) is 5.92 Å². The summed E-state index contributed by atoms with van der Waals surface area (Å²) in [7, 11) is 1.82. The standard InChI is InChI=1S/C15H24N2O2/c1-5-19-14-7-6-12(10-13(14)16)15(18)17(4)9-8-11(2)3/h6-7,10-11H,5,8-9,16H2,1-4H3. The fraction of sp³-hybridized carbons (Fsp3) is 0.533. The molecular weight excluding hydrogens is 240 g/mol. The van der Waals surface area contributed by atoms with Gasteiger partial charge < -0.3 is 15.4 Å². The van der Waals surface area contributed by atoms with E-state index in [2.05, 4.69) is 13.8 Å². The van der Waals surface area contributed by atoms with E-state index in [0.717, 1.165) is 13.0 Å². The molecular formula is C15H24N2O2. The minimum Gasteiger partial charge on any atom is -0.492 e. The molecule has 0 unspecified atom stereocenters. The highest BCUT2D eigenvalue weighted by Crippen LogP contribution is 2.23. The van der Waals surface area contributed by atoms with Crippen molar-refractivity contribution in [2.45, 2.75) is 27.2 Å². The molecule has 0 aliphatic rings. The third-order valence-electron chi connectivity index (χ3n) is 2.95. The van der Waals surface area contributed by atoms with E-state index < -0.39 is 0 Å². The molecule has 0 atom stereocenters. The molecule has 0 aromatic heterocycles. The molecule has 1 aromatic rings. The Morgan fingerprint density at radius 1 is 1.42 bits per heavy atom. The van der Waals surface area contributed by atoms with Crippen molar-refractivity contribution in [2.75, 3.05) is 25.9 Å². The van der Waals surface area contributed by atoms with Crippen molar-refractivity contribution in [3.05, 3.63) is 23.8 Å². The van der Waals surface area contributed by atoms with Crippen molar-refractivity contribution in [1.82, 2.24) is 4.90 Å². The number of benzene rings is 1. The van der Waals surface area contributed by atoms with Gasteiger partial charge in [0.15, 0.2) is 0 Å². The zero-order valence-corrected chi connectivity index (χ0v) is 12.3. The van der Waals surface area contributed by atoms with Gasteiger partial charge in [0.25, 0.3) is 5.91 Å². The largest absolute Gasteiger partial charge is 0.492 e. The molecule has 0 bridgehead atoms. The van der Waals surface area contributed by atoms with Crippen LogP contribution in [-0.4, -0.2) is 31.0 Å². The first-order valence-corrected chi connectivity index (χ1v) is 6.73. The summed E-state index contributed by atoms with van der Waals surface area (Å²) < 4.78 is 5.36. The van der Waals surface area contributed by atoms with Crippen LogP contribution in [0, 0.1) is 5.92 Å². The number of amides is 1. The summed E-state index contributed by atoms with van der Waals surface area (Å²) in [5, 5.41) is 0. The number of anilines is 1. The van der Waals surface area contributed by atoms with Gasteiger partial charge in [-0.2, -0.15) is 0 Å². The zero-order valence-electron chi connectivity index (χ0n) is 12.3. The lowest BCUT2D eigenvalue weighted by molar-refractivity contribution is 0.0789. The number of hydrogen-bond acceptors (Lipinski definition) is 3. The quantitative estimate of drug-likeness (QED) is 0.804. The number of hydrogen-bond donors (Lipinski definition) is 1. The minimum absolute atomic E-state index is 0.00426. The van der Waals surface area contributed by atoms with E-state index in [1.165, 1.54) is 0 Å². The Labute approximate surface area is 115 Å². The molecule has 0 saturated heterocycles. The van der Waals surface area contributed by atoms with E-state index in [0.29, 0.717) is 29.5 Å². The van der Waals surface area contributed by atoms with Crippen LogP contribution in [0.3, 0.4) is 0 Å². The molecule has 4 heteroatoms. The molecule has 0 spiro atoms. The Kier molecular flexibility index (Phi) is 5.67. The summed E-state index contributed by atoms with van der Waals surface area (Å²) in [5.41, 5.74) is 6.98. The first-order valence-electron chi connectivity index (χ1n) is 6.73. The summed E-state index contributed by atoms with van der Waals surface area (Å²) >= 11 is 0. The summed E-state index contributed by atoms with van der Waals surface area (Å²) in [6.07, 6.45) is 0.995. The average Bonchev–Trinajstić information content (AvgIpc) is 2.37. The van der Waals surface area contributed by atoms with Gasteiger partial charge in [0, 0.05) is 19.2 Å². The second kappa shape index (κ2) is 7.02. The van der Waals surface area contributed by atoms with E-state index in [-0.39, 0.29) is 5.91 Å². The van der Waals surface area contributed by atoms with Gasteiger partial charge in [0.05, 0.1) is 12.3 Å². The maximum atomic E-state index is 12.2. The molecule has 0 saturated carbocycles. The molecule has 4 nitrogen and oxygen atoms in total. The van der Waals surface area contributed by atoms with Crippen LogP contribution in [-0.2, 0) is 0 Å². The summed E-state index contributed by atoms with van der Waals surface area (Å²) in [6.45, 7) is 7.51. The molecule has 19 heavy (non-hydrogen) atoms. The van der Waals surface area contributed by atoms with Gasteiger partial charge in [0.2, 0.25) is 0 Å². The number of ether oxygens (including phenoxy) is 1. The number of nitrogens with zero attached hydrogens (tertiary/aromatic N) is 1. The van der Waals surface area contributed by atoms with Gasteiger partial charge in [-0.25, -0.2) is 0 Å². The topological polar surface area (TPSA) is 55.6 Å². The number of nitrogens with two attached hydrogens (primary N) is 1. The molecule has 2 N–H and O–H groups in total. The van der Waals surface area contributed by atoms with Crippen molar-refractivity contribution in [1.29, 1.82) is 0 Å². The SMILES string of the molecule is CCOc1ccc(C(=O)N(C)CCC(C)C)cc1N. The number of nitrogen functional groups attached to an aromatic ring is 1. The van der Waals surface area contributed by atoms with Crippen LogP contribution in [0.1, 0.15) is 37.6 Å². The summed E-state index contributed by atoms with van der Waals surface area (Å²) in [6, 6.07) is 5.19. The van der Waals surface area contributed by atoms with E-state index in [4.69, 9.17) is 10.5 Å². The first-order chi connectivity index (χ1) is 8.95. The van der Waals surface area contributed by atoms with E-state index in [9.17, 15) is 4.79 Å². The normalized spacial score (nSPS) is 10.6. The fourth-order valence-corrected chi connectivity index (χ4v) is 1.74. The first kappa shape index (κ1) is 15.3. The van der Waals surface area contributed by atoms with Gasteiger partial charge in [-0.05, 0) is 37.5 Å². The Morgan fingerprint density at radius 3 is 2.63 bits per heavy atom. The molecule has 1 aromatic carbocycles. The highest BCUT2D eigenvalue weighted by Gasteiger charge is 2.13. The molecule has 0 radical (unpaired) electrons. The van der Waals surface area contributed by atoms with E-state index in [1.807, 2.05) is 14.0 Å². The summed E-state index contributed by atoms with van der Waals surface area (Å²) in [5.74, 6) is 1.21. The Morgan fingerprint density at radius 2 is 2.11 bits per heavy atom. The Bertz CT molecular complexity index is 430. The molecule has 106 valence electrons. The lowest BCUT2D eigenvalue weighted by Crippen LogP contribution is -2.28. The molecule has 0 aliphatic carbocycles. The van der Waals surface area contributed by atoms with Crippen LogP contribution in [0.15, 0.2) is 18.2 Å². The van der Waals surface area contributed by atoms with Crippen molar-refractivity contribution >= 4 is 11.6 Å². The second-order valence-electron chi connectivity index (χ2n) is 5.09. The minimum atomic E-state index is -0.00426. The van der Waals surface area contributed by atoms with Crippen LogP contribution in [0.5, 0.6) is 5.75 Å². The lowest BCUT2D eigenvalue weighted by Gasteiger charge is -2.19. The fourth-order valence-electron chi connectivity index (χ4n) is 1.74. The molecule has 0 heterocycles. The van der Waals surface area contributed by atoms with Crippen LogP contribution in [0.4, 0.5) is 5.69 Å². The monoisotopic (exact) mass is 264 g/mol. The predicted octanol–water partition coefficient (Wildman–Crippen LogP) is 2.79. The Balaban J connectivity index is 2.74. The second-order valence-corrected chi connectivity index (χ2v) is 5.09. The Hall–Kier alpha value is -1.71. The molecule has 0 fully saturated rings. The maximum Gasteiger partial charge on any atom is 0.253 e. The van der Waals surface area contributed by atoms with Crippen LogP contribution in [0.25, 0.3) is 0 Å². The average molecular weight is 264 g/mol. The van der Waals surface area contributed by atoms with Crippen LogP contribution >= 0.6 is 0 Å². The lowest BCUT2D eigenvalue weighted by atomic mass is 10.1. The third-order valence-corrected chi connectivity index (χ3v) is 2.95. The number of carbonyl (C=O) groups excluding carboxylic acids is 1. The van der Waals surface area contributed by atoms with E-state index in [1.54, 1.807) is 23.1 Å². The van der Waals surface area contributed by atoms with Crippen molar-refractivity contribution < 1.29 is 9.53 Å². The number of carbonyl (C=O) groups is 1. The van der Waals surface area contributed by atoms with Crippen molar-refractivity contribution in [3.63, 3.8) is 0 Å². The van der Waals surface area contributed by atoms with E-state index >= 15 is 0 Å². The third kappa shape index (κ3) is 4.47. The molecule has 0 aliphatic heterocycles. The van der Waals surface area contributed by atoms with Crippen LogP contribution < -0.4 is 10.5 Å². The van der Waals surface area contributed by atoms with Gasteiger partial charge in [-0.3, -0.25) is 4.79 Å². The molecule has 1 amide bonds. The summed E-state index contributed by atoms with van der Waals surface area (Å²) in [4.78, 5) is 13.9. The van der Waals surface area contributed by atoms with Crippen molar-refractivity contribution in [3.8, 4) is 5.75 Å². The molecule has 1 rings (SSSR count). The van der Waals surface area contributed by atoms with Crippen LogP contribution in [0.2, 0.25) is 0 Å². The van der Waals surface area contributed by atoms with Gasteiger partial charge in [-0.15, -0.1) is 0 Å². The maximum absolute atomic E-state index is 12.2. The highest BCUT2D eigenvalue weighted by atomic mass is 16.5. The highest BCUT2D eigenvalue weighted by molar-refractivity contribution is 5.95. The smallest absolute Gasteiger partial charge is 0.253 e. The predicted molar refractivity (Wildman–Crippen MR) is 78.4 cm³/mol. The van der Waals surface area contributed by atoms with Gasteiger partial charge in [-0.1, -0.05) is 13.8 Å². The van der Waals surface area contributed by atoms with Gasteiger partial charge in [0.1, 0.15) is 5.75 Å². The zero-order chi connectivity index (χ0) is 14.4. The number of rotatable bonds is 6. The van der Waals surface area contributed by atoms with Gasteiger partial charge >= 0.3 is 0 Å².